The highest BCUT2D eigenvalue weighted by Gasteiger charge is 2.10. The second kappa shape index (κ2) is 6.04. The van der Waals surface area contributed by atoms with Gasteiger partial charge < -0.3 is 19.1 Å². The third kappa shape index (κ3) is 2.73. The van der Waals surface area contributed by atoms with Crippen molar-refractivity contribution in [3.8, 4) is 22.8 Å². The summed E-state index contributed by atoms with van der Waals surface area (Å²) in [4.78, 5) is 0. The molecule has 0 saturated carbocycles. The van der Waals surface area contributed by atoms with Gasteiger partial charge in [0.2, 0.25) is 0 Å². The zero-order valence-corrected chi connectivity index (χ0v) is 13.2. The van der Waals surface area contributed by atoms with Crippen LogP contribution in [0.15, 0.2) is 52.0 Å². The van der Waals surface area contributed by atoms with Gasteiger partial charge in [-0.25, -0.2) is 0 Å². The number of aryl methyl sites for hydroxylation is 1. The van der Waals surface area contributed by atoms with Gasteiger partial charge in [-0.1, -0.05) is 16.8 Å². The Balaban J connectivity index is 2.23. The fourth-order valence-electron chi connectivity index (χ4n) is 2.50. The maximum Gasteiger partial charge on any atom is 0.161 e. The van der Waals surface area contributed by atoms with Crippen LogP contribution in [0.5, 0.6) is 11.5 Å². The lowest BCUT2D eigenvalue weighted by Gasteiger charge is -2.10. The summed E-state index contributed by atoms with van der Waals surface area (Å²) >= 11 is 0. The summed E-state index contributed by atoms with van der Waals surface area (Å²) in [7, 11) is 3.17. The molecule has 0 aliphatic rings. The van der Waals surface area contributed by atoms with Crippen LogP contribution < -0.4 is 14.8 Å². The molecular weight excluding hydrogens is 294 g/mol. The van der Waals surface area contributed by atoms with E-state index >= 15 is 0 Å². The first-order chi connectivity index (χ1) is 11.2. The van der Waals surface area contributed by atoms with Crippen molar-refractivity contribution in [2.75, 3.05) is 14.2 Å². The van der Waals surface area contributed by atoms with E-state index in [1.165, 1.54) is 0 Å². The van der Waals surface area contributed by atoms with Crippen LogP contribution in [0.2, 0.25) is 0 Å². The van der Waals surface area contributed by atoms with Crippen LogP contribution in [0.4, 0.5) is 0 Å². The third-order valence-corrected chi connectivity index (χ3v) is 3.67. The maximum absolute atomic E-state index is 9.32. The smallest absolute Gasteiger partial charge is 0.161 e. The van der Waals surface area contributed by atoms with E-state index in [1.807, 2.05) is 37.3 Å². The molecule has 0 unspecified atom stereocenters. The lowest BCUT2D eigenvalue weighted by Crippen LogP contribution is -2.03. The van der Waals surface area contributed by atoms with Crippen LogP contribution >= 0.6 is 0 Å². The second-order valence-corrected chi connectivity index (χ2v) is 5.17. The normalized spacial score (nSPS) is 11.7. The topological polar surface area (TPSA) is 64.2 Å². The molecule has 23 heavy (non-hydrogen) atoms. The predicted octanol–water partition coefficient (Wildman–Crippen LogP) is 3.72. The number of methoxy groups -OCH3 is 2. The van der Waals surface area contributed by atoms with Gasteiger partial charge in [0.15, 0.2) is 11.5 Å². The van der Waals surface area contributed by atoms with E-state index in [1.54, 1.807) is 26.4 Å². The molecule has 0 radical (unpaired) electrons. The predicted molar refractivity (Wildman–Crippen MR) is 86.8 cm³/mol. The van der Waals surface area contributed by atoms with Crippen LogP contribution in [0.25, 0.3) is 22.3 Å². The van der Waals surface area contributed by atoms with Crippen LogP contribution in [-0.4, -0.2) is 19.4 Å². The second-order valence-electron chi connectivity index (χ2n) is 5.17. The van der Waals surface area contributed by atoms with E-state index in [-0.39, 0.29) is 0 Å². The number of hydrogen-bond donors (Lipinski definition) is 1. The summed E-state index contributed by atoms with van der Waals surface area (Å²) in [5.74, 6) is 1.82. The third-order valence-electron chi connectivity index (χ3n) is 3.67. The van der Waals surface area contributed by atoms with Crippen molar-refractivity contribution in [1.29, 1.82) is 0 Å². The first-order valence-electron chi connectivity index (χ1n) is 7.11. The Morgan fingerprint density at radius 3 is 2.43 bits per heavy atom. The quantitative estimate of drug-likeness (QED) is 0.591. The summed E-state index contributed by atoms with van der Waals surface area (Å²) in [6.07, 6.45) is 0. The Bertz CT molecular complexity index is 928. The molecule has 2 aromatic carbocycles. The average Bonchev–Trinajstić information content (AvgIpc) is 2.60. The molecule has 0 amide bonds. The minimum Gasteiger partial charge on any atom is -0.493 e. The maximum atomic E-state index is 9.32. The van der Waals surface area contributed by atoms with E-state index in [9.17, 15) is 5.21 Å². The molecular formula is C18H17NO4. The molecule has 0 saturated heterocycles. The van der Waals surface area contributed by atoms with Gasteiger partial charge in [0.05, 0.1) is 14.2 Å². The van der Waals surface area contributed by atoms with Crippen molar-refractivity contribution in [2.24, 2.45) is 5.16 Å². The molecule has 1 N–H and O–H groups in total. The van der Waals surface area contributed by atoms with Crippen LogP contribution in [0.3, 0.4) is 0 Å². The molecule has 5 nitrogen and oxygen atoms in total. The number of ether oxygens (including phenoxy) is 2. The molecule has 0 aliphatic heterocycles. The van der Waals surface area contributed by atoms with Crippen molar-refractivity contribution < 1.29 is 19.1 Å². The van der Waals surface area contributed by atoms with Crippen molar-refractivity contribution in [2.45, 2.75) is 6.92 Å². The monoisotopic (exact) mass is 311 g/mol. The van der Waals surface area contributed by atoms with Gasteiger partial charge in [0.1, 0.15) is 16.7 Å². The molecule has 1 heterocycles. The molecule has 3 aromatic rings. The standard InChI is InChI=1S/C18H17NO4/c1-11-4-6-15-13(8-11)14(19-20)10-17(23-15)12-5-7-16(21-2)18(9-12)22-3/h4-10,20H,1-3H3/b19-14+. The molecule has 0 aliphatic carbocycles. The lowest BCUT2D eigenvalue weighted by atomic mass is 10.1. The SMILES string of the molecule is COc1ccc(-c2c/c(=N\O)c3cc(C)ccc3o2)cc1OC. The van der Waals surface area contributed by atoms with E-state index < -0.39 is 0 Å². The minimum absolute atomic E-state index is 0.458. The molecule has 0 spiro atoms. The summed E-state index contributed by atoms with van der Waals surface area (Å²) in [5, 5.41) is 13.9. The van der Waals surface area contributed by atoms with Crippen molar-refractivity contribution in [3.05, 3.63) is 53.4 Å². The van der Waals surface area contributed by atoms with Gasteiger partial charge in [-0.3, -0.25) is 0 Å². The van der Waals surface area contributed by atoms with Crippen LogP contribution in [0.1, 0.15) is 5.56 Å². The summed E-state index contributed by atoms with van der Waals surface area (Å²) in [6, 6.07) is 12.9. The summed E-state index contributed by atoms with van der Waals surface area (Å²) < 4.78 is 16.5. The zero-order valence-electron chi connectivity index (χ0n) is 13.2. The first-order valence-corrected chi connectivity index (χ1v) is 7.11. The van der Waals surface area contributed by atoms with E-state index in [0.29, 0.717) is 28.2 Å². The molecule has 3 rings (SSSR count). The Labute approximate surface area is 133 Å². The number of fused-ring (bicyclic) bond motifs is 1. The highest BCUT2D eigenvalue weighted by atomic mass is 16.5. The Morgan fingerprint density at radius 1 is 0.957 bits per heavy atom. The van der Waals surface area contributed by atoms with Gasteiger partial charge in [-0.05, 0) is 37.3 Å². The van der Waals surface area contributed by atoms with Crippen molar-refractivity contribution >= 4 is 11.0 Å². The highest BCUT2D eigenvalue weighted by molar-refractivity contribution is 5.79. The lowest BCUT2D eigenvalue weighted by molar-refractivity contribution is 0.302. The molecule has 1 aromatic heterocycles. The molecule has 118 valence electrons. The van der Waals surface area contributed by atoms with Gasteiger partial charge in [-0.15, -0.1) is 0 Å². The van der Waals surface area contributed by atoms with Crippen LogP contribution in [-0.2, 0) is 0 Å². The van der Waals surface area contributed by atoms with E-state index in [0.717, 1.165) is 16.5 Å². The Kier molecular flexibility index (Phi) is 3.93. The molecule has 0 atom stereocenters. The highest BCUT2D eigenvalue weighted by Crippen LogP contribution is 2.32. The van der Waals surface area contributed by atoms with Crippen molar-refractivity contribution in [1.82, 2.24) is 0 Å². The fraction of sp³-hybridized carbons (Fsp3) is 0.167. The number of nitrogens with zero attached hydrogens (tertiary/aromatic N) is 1. The number of rotatable bonds is 3. The minimum atomic E-state index is 0.458. The van der Waals surface area contributed by atoms with E-state index in [4.69, 9.17) is 13.9 Å². The number of hydrogen-bond acceptors (Lipinski definition) is 5. The van der Waals surface area contributed by atoms with Crippen molar-refractivity contribution in [3.63, 3.8) is 0 Å². The largest absolute Gasteiger partial charge is 0.493 e. The number of benzene rings is 2. The van der Waals surface area contributed by atoms with Gasteiger partial charge in [0.25, 0.3) is 0 Å². The molecule has 0 bridgehead atoms. The Hall–Kier alpha value is -2.95. The molecule has 0 fully saturated rings. The fourth-order valence-corrected chi connectivity index (χ4v) is 2.50. The summed E-state index contributed by atoms with van der Waals surface area (Å²) in [6.45, 7) is 1.98. The average molecular weight is 311 g/mol. The zero-order chi connectivity index (χ0) is 16.4. The summed E-state index contributed by atoms with van der Waals surface area (Å²) in [5.41, 5.74) is 2.52. The molecule has 5 heteroatoms. The van der Waals surface area contributed by atoms with Gasteiger partial charge in [-0.2, -0.15) is 0 Å². The first kappa shape index (κ1) is 15.0. The Morgan fingerprint density at radius 2 is 1.74 bits per heavy atom. The van der Waals surface area contributed by atoms with Crippen LogP contribution in [0, 0.1) is 6.92 Å². The van der Waals surface area contributed by atoms with E-state index in [2.05, 4.69) is 5.16 Å². The van der Waals surface area contributed by atoms with Gasteiger partial charge in [0, 0.05) is 17.0 Å². The van der Waals surface area contributed by atoms with Gasteiger partial charge >= 0.3 is 0 Å².